The van der Waals surface area contributed by atoms with Crippen LogP contribution in [0.5, 0.6) is 0 Å². The molecule has 1 aromatic heterocycles. The van der Waals surface area contributed by atoms with Crippen molar-refractivity contribution in [3.05, 3.63) is 5.82 Å². The van der Waals surface area contributed by atoms with Crippen LogP contribution in [0.15, 0.2) is 0 Å². The van der Waals surface area contributed by atoms with E-state index in [9.17, 15) is 0 Å². The Morgan fingerprint density at radius 1 is 1.15 bits per heavy atom. The number of tetrazole rings is 1. The molecule has 4 heteroatoms. The molecule has 0 N–H and O–H groups in total. The molecule has 0 aliphatic heterocycles. The van der Waals surface area contributed by atoms with Gasteiger partial charge in [-0.05, 0) is 16.8 Å². The van der Waals surface area contributed by atoms with Crippen LogP contribution >= 0.6 is 0 Å². The van der Waals surface area contributed by atoms with E-state index in [1.54, 1.807) is 0 Å². The first-order valence-electron chi connectivity index (χ1n) is 5.13. The Bertz CT molecular complexity index is 231. The minimum atomic E-state index is 0.917. The highest BCUT2D eigenvalue weighted by Crippen LogP contribution is 2.02. The second kappa shape index (κ2) is 5.67. The molecule has 0 aliphatic rings. The second-order valence-corrected chi connectivity index (χ2v) is 3.23. The van der Waals surface area contributed by atoms with Crippen LogP contribution in [0.2, 0.25) is 0 Å². The maximum Gasteiger partial charge on any atom is 0.150 e. The smallest absolute Gasteiger partial charge is 0.150 e. The molecule has 0 saturated heterocycles. The highest BCUT2D eigenvalue weighted by atomic mass is 15.5. The quantitative estimate of drug-likeness (QED) is 0.630. The van der Waals surface area contributed by atoms with Crippen LogP contribution in [-0.2, 0) is 13.0 Å². The van der Waals surface area contributed by atoms with Crippen molar-refractivity contribution < 1.29 is 0 Å². The van der Waals surface area contributed by atoms with Gasteiger partial charge in [0, 0.05) is 13.0 Å². The van der Waals surface area contributed by atoms with Crippen molar-refractivity contribution >= 4 is 0 Å². The van der Waals surface area contributed by atoms with Crippen LogP contribution in [0.25, 0.3) is 0 Å². The Morgan fingerprint density at radius 3 is 2.69 bits per heavy atom. The van der Waals surface area contributed by atoms with Crippen molar-refractivity contribution in [3.8, 4) is 0 Å². The van der Waals surface area contributed by atoms with Gasteiger partial charge in [-0.2, -0.15) is 0 Å². The second-order valence-electron chi connectivity index (χ2n) is 3.23. The number of hydrogen-bond donors (Lipinski definition) is 0. The molecule has 0 atom stereocenters. The summed E-state index contributed by atoms with van der Waals surface area (Å²) in [5.74, 6) is 0.997. The molecule has 0 unspecified atom stereocenters. The van der Waals surface area contributed by atoms with E-state index in [0.717, 1.165) is 18.8 Å². The van der Waals surface area contributed by atoms with Gasteiger partial charge in [-0.1, -0.05) is 33.1 Å². The molecule has 4 nitrogen and oxygen atoms in total. The van der Waals surface area contributed by atoms with Gasteiger partial charge < -0.3 is 0 Å². The zero-order chi connectivity index (χ0) is 9.52. The summed E-state index contributed by atoms with van der Waals surface area (Å²) in [6, 6.07) is 0. The van der Waals surface area contributed by atoms with Crippen LogP contribution in [-0.4, -0.2) is 20.2 Å². The van der Waals surface area contributed by atoms with E-state index in [1.165, 1.54) is 25.7 Å². The predicted octanol–water partition coefficient (Wildman–Crippen LogP) is 1.82. The highest BCUT2D eigenvalue weighted by molar-refractivity contribution is 4.78. The Balaban J connectivity index is 2.27. The normalized spacial score (nSPS) is 10.6. The summed E-state index contributed by atoms with van der Waals surface area (Å²) in [5, 5.41) is 11.5. The van der Waals surface area contributed by atoms with Gasteiger partial charge >= 0.3 is 0 Å². The maximum absolute atomic E-state index is 3.94. The molecule has 0 fully saturated rings. The zero-order valence-corrected chi connectivity index (χ0v) is 8.53. The number of aromatic nitrogens is 4. The largest absolute Gasteiger partial charge is 0.230 e. The van der Waals surface area contributed by atoms with Gasteiger partial charge in [-0.15, -0.1) is 5.10 Å². The molecule has 0 saturated carbocycles. The van der Waals surface area contributed by atoms with Crippen molar-refractivity contribution in [1.82, 2.24) is 20.2 Å². The maximum atomic E-state index is 3.94. The number of aryl methyl sites for hydroxylation is 2. The van der Waals surface area contributed by atoms with Gasteiger partial charge in [0.05, 0.1) is 0 Å². The SMILES string of the molecule is CCCCCCn1nnnc1CC. The average molecular weight is 182 g/mol. The lowest BCUT2D eigenvalue weighted by molar-refractivity contribution is 0.513. The number of nitrogens with zero attached hydrogens (tertiary/aromatic N) is 4. The summed E-state index contributed by atoms with van der Waals surface area (Å²) >= 11 is 0. The van der Waals surface area contributed by atoms with E-state index >= 15 is 0 Å². The third-order valence-electron chi connectivity index (χ3n) is 2.15. The Kier molecular flexibility index (Phi) is 4.43. The van der Waals surface area contributed by atoms with Crippen LogP contribution in [0, 0.1) is 0 Å². The molecular formula is C9H18N4. The summed E-state index contributed by atoms with van der Waals surface area (Å²) in [6.45, 7) is 5.26. The van der Waals surface area contributed by atoms with Crippen LogP contribution < -0.4 is 0 Å². The lowest BCUT2D eigenvalue weighted by Crippen LogP contribution is -2.05. The van der Waals surface area contributed by atoms with Crippen LogP contribution in [0.3, 0.4) is 0 Å². The summed E-state index contributed by atoms with van der Waals surface area (Å²) in [6.07, 6.45) is 5.96. The summed E-state index contributed by atoms with van der Waals surface area (Å²) in [5.41, 5.74) is 0. The van der Waals surface area contributed by atoms with E-state index in [4.69, 9.17) is 0 Å². The number of hydrogen-bond acceptors (Lipinski definition) is 3. The fraction of sp³-hybridized carbons (Fsp3) is 0.889. The van der Waals surface area contributed by atoms with E-state index in [2.05, 4.69) is 29.4 Å². The minimum absolute atomic E-state index is 0.917. The Labute approximate surface area is 79.3 Å². The van der Waals surface area contributed by atoms with E-state index < -0.39 is 0 Å². The molecule has 0 radical (unpaired) electrons. The molecule has 0 amide bonds. The van der Waals surface area contributed by atoms with E-state index in [1.807, 2.05) is 4.68 Å². The number of rotatable bonds is 6. The van der Waals surface area contributed by atoms with Crippen molar-refractivity contribution in [2.24, 2.45) is 0 Å². The predicted molar refractivity (Wildman–Crippen MR) is 51.3 cm³/mol. The van der Waals surface area contributed by atoms with Gasteiger partial charge in [0.25, 0.3) is 0 Å². The molecule has 0 aliphatic carbocycles. The zero-order valence-electron chi connectivity index (χ0n) is 8.53. The molecule has 13 heavy (non-hydrogen) atoms. The van der Waals surface area contributed by atoms with Gasteiger partial charge in [0.1, 0.15) is 0 Å². The molecule has 1 heterocycles. The van der Waals surface area contributed by atoms with E-state index in [0.29, 0.717) is 0 Å². The molecule has 1 aromatic rings. The molecule has 0 spiro atoms. The molecule has 74 valence electrons. The van der Waals surface area contributed by atoms with Crippen LogP contribution in [0.4, 0.5) is 0 Å². The summed E-state index contributed by atoms with van der Waals surface area (Å²) in [7, 11) is 0. The third kappa shape index (κ3) is 3.13. The molecule has 0 aromatic carbocycles. The van der Waals surface area contributed by atoms with Crippen molar-refractivity contribution in [2.45, 2.75) is 52.5 Å². The minimum Gasteiger partial charge on any atom is -0.230 e. The van der Waals surface area contributed by atoms with Gasteiger partial charge in [-0.25, -0.2) is 4.68 Å². The fourth-order valence-corrected chi connectivity index (χ4v) is 1.34. The Hall–Kier alpha value is -0.930. The molecule has 0 bridgehead atoms. The first-order chi connectivity index (χ1) is 6.38. The Morgan fingerprint density at radius 2 is 2.00 bits per heavy atom. The standard InChI is InChI=1S/C9H18N4/c1-3-5-6-7-8-13-9(4-2)10-11-12-13/h3-8H2,1-2H3. The fourth-order valence-electron chi connectivity index (χ4n) is 1.34. The van der Waals surface area contributed by atoms with Gasteiger partial charge in [0.2, 0.25) is 0 Å². The molecule has 1 rings (SSSR count). The number of unbranched alkanes of at least 4 members (excludes halogenated alkanes) is 3. The van der Waals surface area contributed by atoms with Crippen molar-refractivity contribution in [3.63, 3.8) is 0 Å². The monoisotopic (exact) mass is 182 g/mol. The average Bonchev–Trinajstić information content (AvgIpc) is 2.60. The highest BCUT2D eigenvalue weighted by Gasteiger charge is 2.01. The van der Waals surface area contributed by atoms with Gasteiger partial charge in [-0.3, -0.25) is 0 Å². The van der Waals surface area contributed by atoms with E-state index in [-0.39, 0.29) is 0 Å². The van der Waals surface area contributed by atoms with Crippen LogP contribution in [0.1, 0.15) is 45.4 Å². The van der Waals surface area contributed by atoms with Gasteiger partial charge in [0.15, 0.2) is 5.82 Å². The summed E-state index contributed by atoms with van der Waals surface area (Å²) < 4.78 is 1.91. The van der Waals surface area contributed by atoms with Crippen molar-refractivity contribution in [1.29, 1.82) is 0 Å². The topological polar surface area (TPSA) is 43.6 Å². The third-order valence-corrected chi connectivity index (χ3v) is 2.15. The lowest BCUT2D eigenvalue weighted by Gasteiger charge is -2.01. The summed E-state index contributed by atoms with van der Waals surface area (Å²) in [4.78, 5) is 0. The lowest BCUT2D eigenvalue weighted by atomic mass is 10.2. The molecular weight excluding hydrogens is 164 g/mol. The first kappa shape index (κ1) is 10.2. The van der Waals surface area contributed by atoms with Crippen molar-refractivity contribution in [2.75, 3.05) is 0 Å². The first-order valence-corrected chi connectivity index (χ1v) is 5.13.